The number of nitrogens with one attached hydrogen (secondary N) is 1. The molecule has 0 unspecified atom stereocenters. The molecule has 0 aromatic heterocycles. The fourth-order valence-corrected chi connectivity index (χ4v) is 5.81. The lowest BCUT2D eigenvalue weighted by Crippen LogP contribution is -2.54. The van der Waals surface area contributed by atoms with Gasteiger partial charge in [0.1, 0.15) is 24.1 Å². The van der Waals surface area contributed by atoms with E-state index in [-0.39, 0.29) is 24.9 Å². The molecule has 4 aromatic carbocycles. The Morgan fingerprint density at radius 3 is 1.98 bits per heavy atom. The third kappa shape index (κ3) is 9.92. The van der Waals surface area contributed by atoms with Gasteiger partial charge >= 0.3 is 0 Å². The van der Waals surface area contributed by atoms with E-state index in [9.17, 15) is 18.0 Å². The molecule has 2 amide bonds. The van der Waals surface area contributed by atoms with Crippen LogP contribution in [0.25, 0.3) is 0 Å². The van der Waals surface area contributed by atoms with E-state index in [0.717, 1.165) is 32.6 Å². The van der Waals surface area contributed by atoms with Crippen molar-refractivity contribution in [1.29, 1.82) is 0 Å². The number of carbonyl (C=O) groups is 2. The van der Waals surface area contributed by atoms with Gasteiger partial charge in [0.25, 0.3) is 0 Å². The zero-order chi connectivity index (χ0) is 32.4. The van der Waals surface area contributed by atoms with Gasteiger partial charge in [-0.2, -0.15) is 0 Å². The van der Waals surface area contributed by atoms with Crippen LogP contribution >= 0.6 is 15.9 Å². The molecule has 0 aliphatic carbocycles. The Labute approximate surface area is 274 Å². The third-order valence-corrected chi connectivity index (χ3v) is 8.99. The molecule has 0 saturated heterocycles. The topological polar surface area (TPSA) is 96.0 Å². The standard InChI is InChI=1S/C35H38BrN3O5S/c1-4-26(2)37-35(41)33(23-27-11-7-5-8-12-27)38(24-28-15-17-29(36)18-16-28)34(40)25-39(45(3,42)43)30-19-21-32(22-20-30)44-31-13-9-6-10-14-31/h5-22,26,33H,4,23-25H2,1-3H3,(H,37,41)/t26-,33+/m1/s1. The first-order chi connectivity index (χ1) is 21.5. The molecule has 4 aromatic rings. The zero-order valence-electron chi connectivity index (χ0n) is 25.6. The second-order valence-corrected chi connectivity index (χ2v) is 13.7. The lowest BCUT2D eigenvalue weighted by atomic mass is 10.0. The number of nitrogens with zero attached hydrogens (tertiary/aromatic N) is 2. The number of benzene rings is 4. The summed E-state index contributed by atoms with van der Waals surface area (Å²) in [5.74, 6) is 0.357. The van der Waals surface area contributed by atoms with E-state index in [1.54, 1.807) is 24.3 Å². The molecule has 0 heterocycles. The monoisotopic (exact) mass is 691 g/mol. The third-order valence-electron chi connectivity index (χ3n) is 7.32. The van der Waals surface area contributed by atoms with Gasteiger partial charge in [-0.1, -0.05) is 83.5 Å². The van der Waals surface area contributed by atoms with Gasteiger partial charge in [-0.3, -0.25) is 13.9 Å². The number of halogens is 1. The summed E-state index contributed by atoms with van der Waals surface area (Å²) in [7, 11) is -3.89. The summed E-state index contributed by atoms with van der Waals surface area (Å²) >= 11 is 3.45. The van der Waals surface area contributed by atoms with Crippen LogP contribution in [0.4, 0.5) is 5.69 Å². The molecule has 1 N–H and O–H groups in total. The van der Waals surface area contributed by atoms with Crippen LogP contribution in [0.3, 0.4) is 0 Å². The second-order valence-electron chi connectivity index (χ2n) is 10.9. The van der Waals surface area contributed by atoms with E-state index in [1.165, 1.54) is 4.90 Å². The average Bonchev–Trinajstić information content (AvgIpc) is 3.03. The summed E-state index contributed by atoms with van der Waals surface area (Å²) in [5, 5.41) is 3.04. The minimum absolute atomic E-state index is 0.107. The molecule has 0 aliphatic rings. The molecule has 2 atom stereocenters. The fourth-order valence-electron chi connectivity index (χ4n) is 4.70. The van der Waals surface area contributed by atoms with E-state index in [2.05, 4.69) is 21.2 Å². The Morgan fingerprint density at radius 2 is 1.40 bits per heavy atom. The minimum atomic E-state index is -3.89. The molecule has 0 radical (unpaired) electrons. The molecule has 0 fully saturated rings. The number of sulfonamides is 1. The number of ether oxygens (including phenoxy) is 1. The first kappa shape index (κ1) is 33.7. The normalized spacial score (nSPS) is 12.5. The summed E-state index contributed by atoms with van der Waals surface area (Å²) < 4.78 is 34.0. The highest BCUT2D eigenvalue weighted by molar-refractivity contribution is 9.10. The van der Waals surface area contributed by atoms with Crippen LogP contribution < -0.4 is 14.4 Å². The van der Waals surface area contributed by atoms with E-state index in [0.29, 0.717) is 17.2 Å². The van der Waals surface area contributed by atoms with Crippen LogP contribution in [0, 0.1) is 0 Å². The summed E-state index contributed by atoms with van der Waals surface area (Å²) in [4.78, 5) is 29.5. The van der Waals surface area contributed by atoms with Crippen LogP contribution in [-0.4, -0.2) is 50.0 Å². The number of amides is 2. The predicted molar refractivity (Wildman–Crippen MR) is 182 cm³/mol. The maximum atomic E-state index is 14.3. The first-order valence-electron chi connectivity index (χ1n) is 14.7. The van der Waals surface area contributed by atoms with Gasteiger partial charge in [-0.25, -0.2) is 8.42 Å². The maximum absolute atomic E-state index is 14.3. The van der Waals surface area contributed by atoms with E-state index < -0.39 is 28.5 Å². The van der Waals surface area contributed by atoms with E-state index >= 15 is 0 Å². The van der Waals surface area contributed by atoms with Crippen molar-refractivity contribution >= 4 is 43.5 Å². The molecule has 0 aliphatic heterocycles. The Kier molecular flexibility index (Phi) is 11.8. The van der Waals surface area contributed by atoms with E-state index in [4.69, 9.17) is 4.74 Å². The fraction of sp³-hybridized carbons (Fsp3) is 0.257. The lowest BCUT2D eigenvalue weighted by molar-refractivity contribution is -0.140. The average molecular weight is 693 g/mol. The van der Waals surface area contributed by atoms with E-state index in [1.807, 2.05) is 98.8 Å². The number of para-hydroxylation sites is 1. The van der Waals surface area contributed by atoms with Crippen LogP contribution in [0.2, 0.25) is 0 Å². The van der Waals surface area contributed by atoms with Gasteiger partial charge in [0.2, 0.25) is 21.8 Å². The van der Waals surface area contributed by atoms with Gasteiger partial charge in [0.15, 0.2) is 0 Å². The minimum Gasteiger partial charge on any atom is -0.457 e. The largest absolute Gasteiger partial charge is 0.457 e. The van der Waals surface area contributed by atoms with Crippen molar-refractivity contribution in [2.75, 3.05) is 17.1 Å². The van der Waals surface area contributed by atoms with Crippen LogP contribution in [0.1, 0.15) is 31.4 Å². The number of anilines is 1. The van der Waals surface area contributed by atoms with Crippen molar-refractivity contribution < 1.29 is 22.7 Å². The van der Waals surface area contributed by atoms with Crippen molar-refractivity contribution in [3.63, 3.8) is 0 Å². The lowest BCUT2D eigenvalue weighted by Gasteiger charge is -2.34. The smallest absolute Gasteiger partial charge is 0.244 e. The summed E-state index contributed by atoms with van der Waals surface area (Å²) in [6, 6.07) is 31.7. The maximum Gasteiger partial charge on any atom is 0.244 e. The molecule has 0 bridgehead atoms. The summed E-state index contributed by atoms with van der Waals surface area (Å²) in [6.45, 7) is 3.51. The van der Waals surface area contributed by atoms with Crippen molar-refractivity contribution in [1.82, 2.24) is 10.2 Å². The molecule has 0 spiro atoms. The number of hydrogen-bond acceptors (Lipinski definition) is 5. The highest BCUT2D eigenvalue weighted by Crippen LogP contribution is 2.26. The number of carbonyl (C=O) groups excluding carboxylic acids is 2. The highest BCUT2D eigenvalue weighted by atomic mass is 79.9. The van der Waals surface area contributed by atoms with Crippen molar-refractivity contribution in [3.8, 4) is 11.5 Å². The Bertz CT molecular complexity index is 1650. The summed E-state index contributed by atoms with van der Waals surface area (Å²) in [5.41, 5.74) is 1.98. The SMILES string of the molecule is CC[C@@H](C)NC(=O)[C@H](Cc1ccccc1)N(Cc1ccc(Br)cc1)C(=O)CN(c1ccc(Oc2ccccc2)cc1)S(C)(=O)=O. The first-order valence-corrected chi connectivity index (χ1v) is 17.4. The van der Waals surface area contributed by atoms with Crippen molar-refractivity contribution in [3.05, 3.63) is 125 Å². The molecular weight excluding hydrogens is 654 g/mol. The predicted octanol–water partition coefficient (Wildman–Crippen LogP) is 6.56. The zero-order valence-corrected chi connectivity index (χ0v) is 28.0. The quantitative estimate of drug-likeness (QED) is 0.162. The number of rotatable bonds is 14. The molecule has 4 rings (SSSR count). The Balaban J connectivity index is 1.67. The van der Waals surface area contributed by atoms with Crippen LogP contribution in [0.5, 0.6) is 11.5 Å². The second kappa shape index (κ2) is 15.7. The molecule has 10 heteroatoms. The van der Waals surface area contributed by atoms with Crippen molar-refractivity contribution in [2.24, 2.45) is 0 Å². The van der Waals surface area contributed by atoms with Crippen LogP contribution in [0.15, 0.2) is 114 Å². The molecular formula is C35H38BrN3O5S. The van der Waals surface area contributed by atoms with Gasteiger partial charge in [-0.05, 0) is 73.0 Å². The van der Waals surface area contributed by atoms with Crippen molar-refractivity contribution in [2.45, 2.75) is 45.3 Å². The Morgan fingerprint density at radius 1 is 0.822 bits per heavy atom. The molecule has 236 valence electrons. The van der Waals surface area contributed by atoms with Gasteiger partial charge in [0.05, 0.1) is 11.9 Å². The molecule has 8 nitrogen and oxygen atoms in total. The molecule has 0 saturated carbocycles. The highest BCUT2D eigenvalue weighted by Gasteiger charge is 2.33. The van der Waals surface area contributed by atoms with Crippen LogP contribution in [-0.2, 0) is 32.6 Å². The summed E-state index contributed by atoms with van der Waals surface area (Å²) in [6.07, 6.45) is 2.04. The Hall–Kier alpha value is -4.15. The van der Waals surface area contributed by atoms with Gasteiger partial charge < -0.3 is 15.0 Å². The number of hydrogen-bond donors (Lipinski definition) is 1. The van der Waals surface area contributed by atoms with Gasteiger partial charge in [0, 0.05) is 23.5 Å². The van der Waals surface area contributed by atoms with Gasteiger partial charge in [-0.15, -0.1) is 0 Å². The molecule has 45 heavy (non-hydrogen) atoms.